The molecule has 0 aromatic carbocycles. The molecule has 0 rings (SSSR count). The molecule has 0 saturated carbocycles. The van der Waals surface area contributed by atoms with Gasteiger partial charge in [-0.25, -0.2) is 10.0 Å². The van der Waals surface area contributed by atoms with Crippen LogP contribution in [0.1, 0.15) is 72.6 Å². The molecule has 1 heteroatoms. The molecule has 0 aromatic rings. The molecule has 18 heavy (non-hydrogen) atoms. The van der Waals surface area contributed by atoms with Crippen LogP contribution in [0.2, 0.25) is 0 Å². The van der Waals surface area contributed by atoms with Gasteiger partial charge in [0.25, 0.3) is 0 Å². The highest BCUT2D eigenvalue weighted by molar-refractivity contribution is 8.32. The van der Waals surface area contributed by atoms with Crippen LogP contribution in [-0.2, 0) is 0 Å². The number of hydrogen-bond acceptors (Lipinski definition) is 0. The van der Waals surface area contributed by atoms with E-state index in [1.165, 1.54) is 56.5 Å². The van der Waals surface area contributed by atoms with E-state index in [0.717, 1.165) is 11.8 Å². The van der Waals surface area contributed by atoms with Crippen molar-refractivity contribution in [2.75, 3.05) is 24.0 Å². The monoisotopic (exact) mass is 274 g/mol. The minimum atomic E-state index is -0.289. The lowest BCUT2D eigenvalue weighted by Crippen LogP contribution is -2.10. The van der Waals surface area contributed by atoms with E-state index in [-0.39, 0.29) is 10.0 Å². The van der Waals surface area contributed by atoms with Crippen LogP contribution in [0.5, 0.6) is 0 Å². The number of unbranched alkanes of at least 4 members (excludes halogenated alkanes) is 5. The fourth-order valence-corrected chi connectivity index (χ4v) is 5.70. The van der Waals surface area contributed by atoms with E-state index in [9.17, 15) is 0 Å². The van der Waals surface area contributed by atoms with Crippen LogP contribution in [0.4, 0.5) is 0 Å². The molecule has 0 aromatic heterocycles. The lowest BCUT2D eigenvalue weighted by Gasteiger charge is -2.33. The molecule has 0 spiro atoms. The van der Waals surface area contributed by atoms with Gasteiger partial charge < -0.3 is 0 Å². The van der Waals surface area contributed by atoms with E-state index in [0.29, 0.717) is 0 Å². The van der Waals surface area contributed by atoms with Crippen molar-refractivity contribution in [2.24, 2.45) is 11.8 Å². The van der Waals surface area contributed by atoms with Crippen molar-refractivity contribution in [1.29, 1.82) is 0 Å². The molecular weight excluding hydrogens is 236 g/mol. The Bertz CT molecular complexity index is 182. The third-order valence-corrected chi connectivity index (χ3v) is 6.48. The zero-order valence-corrected chi connectivity index (χ0v) is 14.7. The second-order valence-electron chi connectivity index (χ2n) is 7.34. The Morgan fingerprint density at radius 3 is 1.67 bits per heavy atom. The van der Waals surface area contributed by atoms with E-state index >= 15 is 0 Å². The summed E-state index contributed by atoms with van der Waals surface area (Å²) in [6.07, 6.45) is 15.2. The first-order valence-corrected chi connectivity index (χ1v) is 10.8. The second-order valence-corrected chi connectivity index (χ2v) is 11.6. The first kappa shape index (κ1) is 18.4. The van der Waals surface area contributed by atoms with Crippen LogP contribution in [0, 0.1) is 11.8 Å². The average molecular weight is 275 g/mol. The molecule has 0 amide bonds. The van der Waals surface area contributed by atoms with E-state index in [4.69, 9.17) is 0 Å². The maximum absolute atomic E-state index is 2.52. The Labute approximate surface area is 119 Å². The van der Waals surface area contributed by atoms with Gasteiger partial charge in [0.1, 0.15) is 0 Å². The lowest BCUT2D eigenvalue weighted by molar-refractivity contribution is 0.514. The minimum absolute atomic E-state index is 0.289. The first-order valence-electron chi connectivity index (χ1n) is 8.02. The summed E-state index contributed by atoms with van der Waals surface area (Å²) in [5.74, 6) is 4.73. The Morgan fingerprint density at radius 2 is 1.17 bits per heavy atom. The van der Waals surface area contributed by atoms with Gasteiger partial charge >= 0.3 is 0 Å². The van der Waals surface area contributed by atoms with Gasteiger partial charge in [-0.1, -0.05) is 66.2 Å². The van der Waals surface area contributed by atoms with Gasteiger partial charge in [-0.3, -0.25) is 0 Å². The van der Waals surface area contributed by atoms with Crippen LogP contribution in [0.15, 0.2) is 0 Å². The molecule has 0 atom stereocenters. The molecule has 0 radical (unpaired) electrons. The molecule has 0 aliphatic heterocycles. The predicted octanol–water partition coefficient (Wildman–Crippen LogP) is 6.09. The summed E-state index contributed by atoms with van der Waals surface area (Å²) in [4.78, 5) is 0. The Morgan fingerprint density at radius 1 is 0.667 bits per heavy atom. The van der Waals surface area contributed by atoms with Crippen LogP contribution < -0.4 is 0 Å². The Hall–Kier alpha value is 0.350. The largest absolute Gasteiger partial charge is 0.246 e. The van der Waals surface area contributed by atoms with Crippen LogP contribution >= 0.6 is 10.0 Å². The molecule has 0 N–H and O–H groups in total. The maximum Gasteiger partial charge on any atom is -0.0210 e. The van der Waals surface area contributed by atoms with Crippen molar-refractivity contribution in [2.45, 2.75) is 72.6 Å². The molecular formula is C17H38S. The minimum Gasteiger partial charge on any atom is -0.246 e. The van der Waals surface area contributed by atoms with Gasteiger partial charge in [0.05, 0.1) is 0 Å². The number of hydrogen-bond donors (Lipinski definition) is 0. The smallest absolute Gasteiger partial charge is 0.0210 e. The number of rotatable bonds is 11. The highest BCUT2D eigenvalue weighted by atomic mass is 32.3. The summed E-state index contributed by atoms with van der Waals surface area (Å²) in [6, 6.07) is 0. The molecule has 0 saturated heterocycles. The standard InChI is InChI=1S/C17H38S/c1-16(2)13-11-9-7-8-10-12-14-18(5,6)15-17(3)4/h16-17H,7-15H2,1-6H3. The molecule has 0 heterocycles. The second kappa shape index (κ2) is 10.2. The third-order valence-electron chi connectivity index (χ3n) is 3.51. The van der Waals surface area contributed by atoms with Crippen molar-refractivity contribution >= 4 is 10.0 Å². The highest BCUT2D eigenvalue weighted by Gasteiger charge is 2.12. The van der Waals surface area contributed by atoms with Gasteiger partial charge in [-0.2, -0.15) is 0 Å². The normalized spacial score (nSPS) is 13.6. The SMILES string of the molecule is CC(C)CCCCCCCCS(C)(C)CC(C)C. The van der Waals surface area contributed by atoms with E-state index in [1.807, 2.05) is 0 Å². The summed E-state index contributed by atoms with van der Waals surface area (Å²) < 4.78 is 0. The van der Waals surface area contributed by atoms with Crippen molar-refractivity contribution in [3.8, 4) is 0 Å². The molecule has 0 nitrogen and oxygen atoms in total. The average Bonchev–Trinajstić information content (AvgIpc) is 2.19. The van der Waals surface area contributed by atoms with Crippen LogP contribution in [0.25, 0.3) is 0 Å². The topological polar surface area (TPSA) is 0 Å². The molecule has 0 unspecified atom stereocenters. The van der Waals surface area contributed by atoms with Crippen LogP contribution in [0.3, 0.4) is 0 Å². The summed E-state index contributed by atoms with van der Waals surface area (Å²) >= 11 is 0. The molecule has 0 fully saturated rings. The zero-order chi connectivity index (χ0) is 14.0. The van der Waals surface area contributed by atoms with Crippen molar-refractivity contribution in [3.05, 3.63) is 0 Å². The van der Waals surface area contributed by atoms with Gasteiger partial charge in [0.2, 0.25) is 0 Å². The van der Waals surface area contributed by atoms with Crippen LogP contribution in [-0.4, -0.2) is 24.0 Å². The van der Waals surface area contributed by atoms with Gasteiger partial charge in [-0.15, -0.1) is 0 Å². The molecule has 0 aliphatic rings. The highest BCUT2D eigenvalue weighted by Crippen LogP contribution is 2.42. The van der Waals surface area contributed by atoms with Gasteiger partial charge in [-0.05, 0) is 42.3 Å². The Kier molecular flexibility index (Phi) is 10.4. The van der Waals surface area contributed by atoms with Crippen molar-refractivity contribution in [3.63, 3.8) is 0 Å². The Balaban J connectivity index is 3.34. The predicted molar refractivity (Wildman–Crippen MR) is 91.2 cm³/mol. The molecule has 0 bridgehead atoms. The quantitative estimate of drug-likeness (QED) is 0.400. The summed E-state index contributed by atoms with van der Waals surface area (Å²) in [5.41, 5.74) is 0. The zero-order valence-electron chi connectivity index (χ0n) is 13.9. The van der Waals surface area contributed by atoms with E-state index in [2.05, 4.69) is 40.2 Å². The lowest BCUT2D eigenvalue weighted by atomic mass is 10.0. The first-order chi connectivity index (χ1) is 8.33. The molecule has 112 valence electrons. The fraction of sp³-hybridized carbons (Fsp3) is 1.00. The fourth-order valence-electron chi connectivity index (χ4n) is 2.74. The maximum atomic E-state index is 2.52. The summed E-state index contributed by atoms with van der Waals surface area (Å²) in [7, 11) is -0.289. The summed E-state index contributed by atoms with van der Waals surface area (Å²) in [6.45, 7) is 9.39. The van der Waals surface area contributed by atoms with Gasteiger partial charge in [0, 0.05) is 0 Å². The van der Waals surface area contributed by atoms with Gasteiger partial charge in [0.15, 0.2) is 0 Å². The summed E-state index contributed by atoms with van der Waals surface area (Å²) in [5, 5.41) is 0. The van der Waals surface area contributed by atoms with Crippen molar-refractivity contribution in [1.82, 2.24) is 0 Å². The van der Waals surface area contributed by atoms with E-state index < -0.39 is 0 Å². The molecule has 0 aliphatic carbocycles. The third kappa shape index (κ3) is 12.8. The van der Waals surface area contributed by atoms with Crippen molar-refractivity contribution < 1.29 is 0 Å². The van der Waals surface area contributed by atoms with E-state index in [1.54, 1.807) is 0 Å².